The number of halogens is 2. The molecule has 4 nitrogen and oxygen atoms in total. The average Bonchev–Trinajstić information content (AvgIpc) is 2.62. The molecule has 0 saturated carbocycles. The summed E-state index contributed by atoms with van der Waals surface area (Å²) in [4.78, 5) is 16.8. The topological polar surface area (TPSA) is 35.6 Å². The van der Waals surface area contributed by atoms with Gasteiger partial charge in [-0.05, 0) is 55.1 Å². The first kappa shape index (κ1) is 18.8. The molecule has 0 aromatic heterocycles. The number of nitrogens with one attached hydrogen (secondary N) is 1. The molecule has 1 heterocycles. The fourth-order valence-electron chi connectivity index (χ4n) is 2.81. The van der Waals surface area contributed by atoms with Crippen LogP contribution in [0.2, 0.25) is 10.0 Å². The normalized spacial score (nSPS) is 15.4. The number of amides is 1. The predicted octanol–water partition coefficient (Wildman–Crippen LogP) is 4.40. The summed E-state index contributed by atoms with van der Waals surface area (Å²) in [5.74, 6) is -0.205. The molecule has 1 saturated heterocycles. The highest BCUT2D eigenvalue weighted by Crippen LogP contribution is 2.22. The third kappa shape index (κ3) is 5.01. The maximum absolute atomic E-state index is 12.1. The minimum atomic E-state index is -0.205. The third-order valence-electron chi connectivity index (χ3n) is 4.38. The molecular weight excluding hydrogens is 369 g/mol. The van der Waals surface area contributed by atoms with Crippen LogP contribution in [0.25, 0.3) is 6.08 Å². The van der Waals surface area contributed by atoms with Crippen LogP contribution in [-0.4, -0.2) is 44.0 Å². The van der Waals surface area contributed by atoms with Gasteiger partial charge in [-0.15, -0.1) is 0 Å². The van der Waals surface area contributed by atoms with Crippen molar-refractivity contribution in [3.05, 3.63) is 64.1 Å². The molecule has 6 heteroatoms. The Labute approximate surface area is 164 Å². The molecule has 2 aromatic carbocycles. The Balaban J connectivity index is 1.58. The van der Waals surface area contributed by atoms with Crippen molar-refractivity contribution in [1.29, 1.82) is 0 Å². The first-order chi connectivity index (χ1) is 12.5. The van der Waals surface area contributed by atoms with E-state index in [1.54, 1.807) is 24.3 Å². The summed E-state index contributed by atoms with van der Waals surface area (Å²) >= 11 is 12.0. The van der Waals surface area contributed by atoms with E-state index < -0.39 is 0 Å². The van der Waals surface area contributed by atoms with E-state index in [0.717, 1.165) is 37.4 Å². The van der Waals surface area contributed by atoms with Crippen LogP contribution >= 0.6 is 23.2 Å². The number of anilines is 2. The van der Waals surface area contributed by atoms with E-state index in [-0.39, 0.29) is 5.91 Å². The van der Waals surface area contributed by atoms with Crippen LogP contribution in [0.4, 0.5) is 11.4 Å². The molecule has 0 spiro atoms. The molecule has 1 N–H and O–H groups in total. The van der Waals surface area contributed by atoms with Crippen LogP contribution in [0.1, 0.15) is 5.56 Å². The van der Waals surface area contributed by atoms with Gasteiger partial charge in [-0.25, -0.2) is 0 Å². The van der Waals surface area contributed by atoms with Crippen molar-refractivity contribution in [2.45, 2.75) is 0 Å². The van der Waals surface area contributed by atoms with Gasteiger partial charge in [-0.2, -0.15) is 0 Å². The van der Waals surface area contributed by atoms with Gasteiger partial charge in [0.15, 0.2) is 0 Å². The van der Waals surface area contributed by atoms with Crippen LogP contribution in [0.15, 0.2) is 48.5 Å². The van der Waals surface area contributed by atoms with Crippen LogP contribution in [0.3, 0.4) is 0 Å². The monoisotopic (exact) mass is 389 g/mol. The quantitative estimate of drug-likeness (QED) is 0.787. The van der Waals surface area contributed by atoms with Gasteiger partial charge in [0.25, 0.3) is 0 Å². The van der Waals surface area contributed by atoms with Crippen LogP contribution < -0.4 is 10.2 Å². The van der Waals surface area contributed by atoms with Gasteiger partial charge in [-0.1, -0.05) is 29.3 Å². The summed E-state index contributed by atoms with van der Waals surface area (Å²) in [5.41, 5.74) is 2.69. The number of nitrogens with zero attached hydrogens (tertiary/aromatic N) is 2. The van der Waals surface area contributed by atoms with Gasteiger partial charge in [0.2, 0.25) is 5.91 Å². The third-order valence-corrected chi connectivity index (χ3v) is 4.94. The zero-order valence-corrected chi connectivity index (χ0v) is 16.1. The molecule has 0 unspecified atom stereocenters. The largest absolute Gasteiger partial charge is 0.369 e. The Bertz CT molecular complexity index is 797. The molecule has 1 aliphatic rings. The zero-order valence-electron chi connectivity index (χ0n) is 14.6. The first-order valence-corrected chi connectivity index (χ1v) is 9.24. The number of likely N-dealkylation sites (N-methyl/N-ethyl adjacent to an activating group) is 1. The highest BCUT2D eigenvalue weighted by Gasteiger charge is 2.14. The van der Waals surface area contributed by atoms with E-state index in [0.29, 0.717) is 10.0 Å². The lowest BCUT2D eigenvalue weighted by molar-refractivity contribution is -0.111. The van der Waals surface area contributed by atoms with Crippen LogP contribution in [0, 0.1) is 0 Å². The van der Waals surface area contributed by atoms with Crippen molar-refractivity contribution in [1.82, 2.24) is 4.90 Å². The molecule has 3 rings (SSSR count). The van der Waals surface area contributed by atoms with E-state index in [1.165, 1.54) is 11.8 Å². The summed E-state index contributed by atoms with van der Waals surface area (Å²) < 4.78 is 0. The van der Waals surface area contributed by atoms with Gasteiger partial charge in [0.05, 0.1) is 0 Å². The number of piperazine rings is 1. The van der Waals surface area contributed by atoms with Crippen molar-refractivity contribution >= 4 is 46.6 Å². The predicted molar refractivity (Wildman–Crippen MR) is 110 cm³/mol. The van der Waals surface area contributed by atoms with Gasteiger partial charge in [0, 0.05) is 53.7 Å². The van der Waals surface area contributed by atoms with Crippen LogP contribution in [0.5, 0.6) is 0 Å². The highest BCUT2D eigenvalue weighted by atomic mass is 35.5. The number of rotatable bonds is 4. The van der Waals surface area contributed by atoms with Gasteiger partial charge < -0.3 is 15.1 Å². The Morgan fingerprint density at radius 3 is 2.38 bits per heavy atom. The van der Waals surface area contributed by atoms with E-state index in [1.807, 2.05) is 24.3 Å². The number of carbonyl (C=O) groups is 1. The maximum Gasteiger partial charge on any atom is 0.248 e. The van der Waals surface area contributed by atoms with Crippen molar-refractivity contribution in [2.75, 3.05) is 43.4 Å². The Morgan fingerprint density at radius 1 is 1.04 bits per heavy atom. The van der Waals surface area contributed by atoms with Crippen molar-refractivity contribution < 1.29 is 4.79 Å². The maximum atomic E-state index is 12.1. The number of carbonyl (C=O) groups excluding carboxylic acids is 1. The zero-order chi connectivity index (χ0) is 18.5. The van der Waals surface area contributed by atoms with E-state index in [4.69, 9.17) is 23.2 Å². The fraction of sp³-hybridized carbons (Fsp3) is 0.250. The lowest BCUT2D eigenvalue weighted by atomic mass is 10.2. The smallest absolute Gasteiger partial charge is 0.248 e. The summed E-state index contributed by atoms with van der Waals surface area (Å²) in [6, 6.07) is 13.1. The molecule has 1 fully saturated rings. The van der Waals surface area contributed by atoms with Crippen molar-refractivity contribution in [3.8, 4) is 0 Å². The lowest BCUT2D eigenvalue weighted by Crippen LogP contribution is -2.44. The van der Waals surface area contributed by atoms with Crippen molar-refractivity contribution in [3.63, 3.8) is 0 Å². The lowest BCUT2D eigenvalue weighted by Gasteiger charge is -2.34. The van der Waals surface area contributed by atoms with Gasteiger partial charge >= 0.3 is 0 Å². The summed E-state index contributed by atoms with van der Waals surface area (Å²) in [7, 11) is 2.14. The standard InChI is InChI=1S/C20H21Cl2N3O/c1-24-10-12-25(13-11-24)18-7-5-17(6-8-18)23-20(26)9-3-15-2-4-16(21)14-19(15)22/h2-9,14H,10-13H2,1H3,(H,23,26). The molecule has 0 radical (unpaired) electrons. The highest BCUT2D eigenvalue weighted by molar-refractivity contribution is 6.35. The Morgan fingerprint density at radius 2 is 1.73 bits per heavy atom. The molecule has 0 aliphatic carbocycles. The first-order valence-electron chi connectivity index (χ1n) is 8.49. The Hall–Kier alpha value is -2.01. The molecule has 136 valence electrons. The fourth-order valence-corrected chi connectivity index (χ4v) is 3.28. The molecule has 26 heavy (non-hydrogen) atoms. The van der Waals surface area contributed by atoms with Gasteiger partial charge in [0.1, 0.15) is 0 Å². The van der Waals surface area contributed by atoms with Crippen LogP contribution in [-0.2, 0) is 4.79 Å². The summed E-state index contributed by atoms with van der Waals surface area (Å²) in [6.07, 6.45) is 3.14. The SMILES string of the molecule is CN1CCN(c2ccc(NC(=O)C=Cc3ccc(Cl)cc3Cl)cc2)CC1. The van der Waals surface area contributed by atoms with E-state index in [9.17, 15) is 4.79 Å². The second kappa shape index (κ2) is 8.58. The average molecular weight is 390 g/mol. The molecule has 1 amide bonds. The Kier molecular flexibility index (Phi) is 6.20. The van der Waals surface area contributed by atoms with Gasteiger partial charge in [-0.3, -0.25) is 4.79 Å². The number of hydrogen-bond acceptors (Lipinski definition) is 3. The van der Waals surface area contributed by atoms with Crippen molar-refractivity contribution in [2.24, 2.45) is 0 Å². The molecule has 2 aromatic rings. The molecule has 0 atom stereocenters. The molecule has 0 bridgehead atoms. The second-order valence-corrected chi connectivity index (χ2v) is 7.17. The minimum Gasteiger partial charge on any atom is -0.369 e. The summed E-state index contributed by atoms with van der Waals surface area (Å²) in [5, 5.41) is 3.94. The minimum absolute atomic E-state index is 0.205. The van der Waals surface area contributed by atoms with E-state index in [2.05, 4.69) is 22.2 Å². The number of benzene rings is 2. The number of hydrogen-bond donors (Lipinski definition) is 1. The second-order valence-electron chi connectivity index (χ2n) is 6.33. The van der Waals surface area contributed by atoms with E-state index >= 15 is 0 Å². The molecule has 1 aliphatic heterocycles. The molecular formula is C20H21Cl2N3O. The summed E-state index contributed by atoms with van der Waals surface area (Å²) in [6.45, 7) is 4.17.